The summed E-state index contributed by atoms with van der Waals surface area (Å²) in [4.78, 5) is 4.68. The Bertz CT molecular complexity index is 1390. The van der Waals surface area contributed by atoms with Crippen molar-refractivity contribution >= 4 is 26.4 Å². The average molecular weight is 479 g/mol. The molecule has 176 valence electrons. The van der Waals surface area contributed by atoms with E-state index in [9.17, 15) is 8.42 Å². The van der Waals surface area contributed by atoms with Gasteiger partial charge in [0.1, 0.15) is 22.1 Å². The van der Waals surface area contributed by atoms with E-state index in [1.54, 1.807) is 19.2 Å². The van der Waals surface area contributed by atoms with Crippen LogP contribution < -0.4 is 19.5 Å². The number of hydrogen-bond donors (Lipinski definition) is 1. The van der Waals surface area contributed by atoms with Gasteiger partial charge in [-0.05, 0) is 67.1 Å². The third-order valence-corrected chi connectivity index (χ3v) is 7.18. The molecule has 0 unspecified atom stereocenters. The minimum absolute atomic E-state index is 0.0901. The quantitative estimate of drug-likeness (QED) is 0.358. The highest BCUT2D eigenvalue weighted by molar-refractivity contribution is 7.91. The van der Waals surface area contributed by atoms with E-state index in [4.69, 9.17) is 14.2 Å². The number of ether oxygens (including phenoxy) is 3. The summed E-state index contributed by atoms with van der Waals surface area (Å²) in [6.07, 6.45) is 1.40. The molecule has 0 saturated heterocycles. The summed E-state index contributed by atoms with van der Waals surface area (Å²) in [5.41, 5.74) is 2.10. The number of nitrogens with one attached hydrogen (secondary N) is 1. The SMILES string of the molecule is CCOc1ccc2ncc(S(=O)(=O)c3ccc(OC)cc3)c(NCc3ccc(OC)cc3)c2c1. The number of hydrogen-bond acceptors (Lipinski definition) is 7. The van der Waals surface area contributed by atoms with Crippen LogP contribution in [0.2, 0.25) is 0 Å². The number of methoxy groups -OCH3 is 2. The second kappa shape index (κ2) is 10.0. The second-order valence-corrected chi connectivity index (χ2v) is 9.41. The van der Waals surface area contributed by atoms with Crippen LogP contribution in [0.1, 0.15) is 12.5 Å². The first-order chi connectivity index (χ1) is 16.5. The van der Waals surface area contributed by atoms with E-state index >= 15 is 0 Å². The zero-order valence-corrected chi connectivity index (χ0v) is 20.1. The van der Waals surface area contributed by atoms with Gasteiger partial charge in [-0.2, -0.15) is 0 Å². The molecule has 0 aliphatic rings. The van der Waals surface area contributed by atoms with Crippen LogP contribution in [0.25, 0.3) is 10.9 Å². The molecule has 1 heterocycles. The Morgan fingerprint density at radius 3 is 2.09 bits per heavy atom. The van der Waals surface area contributed by atoms with Crippen molar-refractivity contribution in [2.45, 2.75) is 23.3 Å². The van der Waals surface area contributed by atoms with Crippen molar-refractivity contribution in [3.63, 3.8) is 0 Å². The van der Waals surface area contributed by atoms with Crippen LogP contribution in [0.5, 0.6) is 17.2 Å². The largest absolute Gasteiger partial charge is 0.497 e. The summed E-state index contributed by atoms with van der Waals surface area (Å²) >= 11 is 0. The van der Waals surface area contributed by atoms with Gasteiger partial charge < -0.3 is 19.5 Å². The van der Waals surface area contributed by atoms with Gasteiger partial charge in [-0.15, -0.1) is 0 Å². The van der Waals surface area contributed by atoms with Gasteiger partial charge in [-0.1, -0.05) is 12.1 Å². The number of nitrogens with zero attached hydrogens (tertiary/aromatic N) is 1. The van der Waals surface area contributed by atoms with Gasteiger partial charge in [0.15, 0.2) is 0 Å². The Hall–Kier alpha value is -3.78. The van der Waals surface area contributed by atoms with Crippen molar-refractivity contribution in [1.29, 1.82) is 0 Å². The highest BCUT2D eigenvalue weighted by Crippen LogP contribution is 2.35. The fraction of sp³-hybridized carbons (Fsp3) is 0.192. The molecule has 34 heavy (non-hydrogen) atoms. The predicted molar refractivity (Wildman–Crippen MR) is 132 cm³/mol. The first kappa shape index (κ1) is 23.4. The fourth-order valence-corrected chi connectivity index (χ4v) is 5.00. The molecule has 0 fully saturated rings. The van der Waals surface area contributed by atoms with Crippen molar-refractivity contribution in [3.05, 3.63) is 78.5 Å². The number of rotatable bonds is 9. The molecular weight excluding hydrogens is 452 g/mol. The normalized spacial score (nSPS) is 11.3. The maximum Gasteiger partial charge on any atom is 0.210 e. The molecule has 0 spiro atoms. The molecule has 0 aliphatic heterocycles. The molecule has 0 amide bonds. The van der Waals surface area contributed by atoms with Gasteiger partial charge in [-0.25, -0.2) is 8.42 Å². The van der Waals surface area contributed by atoms with E-state index in [2.05, 4.69) is 10.3 Å². The van der Waals surface area contributed by atoms with Gasteiger partial charge in [0.25, 0.3) is 0 Å². The molecule has 0 aliphatic carbocycles. The van der Waals surface area contributed by atoms with Crippen molar-refractivity contribution in [1.82, 2.24) is 4.98 Å². The van der Waals surface area contributed by atoms with Gasteiger partial charge in [0.05, 0.1) is 36.9 Å². The summed E-state index contributed by atoms with van der Waals surface area (Å²) < 4.78 is 43.3. The summed E-state index contributed by atoms with van der Waals surface area (Å²) in [5.74, 6) is 1.97. The summed E-state index contributed by atoms with van der Waals surface area (Å²) in [7, 11) is -0.718. The van der Waals surface area contributed by atoms with E-state index < -0.39 is 9.84 Å². The highest BCUT2D eigenvalue weighted by Gasteiger charge is 2.24. The van der Waals surface area contributed by atoms with Crippen molar-refractivity contribution in [2.75, 3.05) is 26.1 Å². The van der Waals surface area contributed by atoms with Crippen LogP contribution in [0, 0.1) is 0 Å². The van der Waals surface area contributed by atoms with E-state index in [1.165, 1.54) is 25.4 Å². The Labute approximate surface area is 199 Å². The molecule has 7 nitrogen and oxygen atoms in total. The molecule has 8 heteroatoms. The van der Waals surface area contributed by atoms with Crippen molar-refractivity contribution in [3.8, 4) is 17.2 Å². The predicted octanol–water partition coefficient (Wildman–Crippen LogP) is 5.10. The van der Waals surface area contributed by atoms with Crippen LogP contribution in [0.4, 0.5) is 5.69 Å². The second-order valence-electron chi connectivity index (χ2n) is 7.49. The molecule has 4 rings (SSSR count). The third kappa shape index (κ3) is 4.77. The van der Waals surface area contributed by atoms with Gasteiger partial charge in [0.2, 0.25) is 9.84 Å². The van der Waals surface area contributed by atoms with Gasteiger partial charge in [-0.3, -0.25) is 4.98 Å². The fourth-order valence-electron chi connectivity index (χ4n) is 3.61. The zero-order valence-electron chi connectivity index (χ0n) is 19.2. The van der Waals surface area contributed by atoms with Crippen LogP contribution in [-0.2, 0) is 16.4 Å². The first-order valence-corrected chi connectivity index (χ1v) is 12.3. The lowest BCUT2D eigenvalue weighted by Crippen LogP contribution is -2.10. The van der Waals surface area contributed by atoms with Crippen LogP contribution in [-0.4, -0.2) is 34.2 Å². The van der Waals surface area contributed by atoms with E-state index in [0.717, 1.165) is 11.3 Å². The van der Waals surface area contributed by atoms with Crippen LogP contribution in [0.15, 0.2) is 82.7 Å². The molecule has 0 radical (unpaired) electrons. The van der Waals surface area contributed by atoms with Crippen LogP contribution >= 0.6 is 0 Å². The number of aromatic nitrogens is 1. The molecule has 0 bridgehead atoms. The Morgan fingerprint density at radius 1 is 0.853 bits per heavy atom. The molecule has 4 aromatic rings. The minimum atomic E-state index is -3.87. The van der Waals surface area contributed by atoms with E-state index in [-0.39, 0.29) is 9.79 Å². The van der Waals surface area contributed by atoms with Gasteiger partial charge in [0, 0.05) is 18.1 Å². The lowest BCUT2D eigenvalue weighted by Gasteiger charge is -2.16. The highest BCUT2D eigenvalue weighted by atomic mass is 32.2. The number of anilines is 1. The molecule has 0 saturated carbocycles. The molecule has 1 aromatic heterocycles. The summed E-state index contributed by atoms with van der Waals surface area (Å²) in [5, 5.41) is 4.00. The Balaban J connectivity index is 1.82. The van der Waals surface area contributed by atoms with E-state index in [1.807, 2.05) is 49.4 Å². The number of sulfone groups is 1. The zero-order chi connectivity index (χ0) is 24.1. The van der Waals surface area contributed by atoms with E-state index in [0.29, 0.717) is 41.2 Å². The first-order valence-electron chi connectivity index (χ1n) is 10.8. The lowest BCUT2D eigenvalue weighted by atomic mass is 10.1. The molecule has 3 aromatic carbocycles. The number of pyridine rings is 1. The smallest absolute Gasteiger partial charge is 0.210 e. The standard InChI is InChI=1S/C26H26N2O5S/c1-4-33-21-11-14-24-23(15-21)26(28-16-18-5-7-19(31-2)8-6-18)25(17-27-24)34(29,30)22-12-9-20(32-3)10-13-22/h5-15,17H,4,16H2,1-3H3,(H,27,28). The maximum absolute atomic E-state index is 13.6. The summed E-state index contributed by atoms with van der Waals surface area (Å²) in [6, 6.07) is 19.4. The van der Waals surface area contributed by atoms with Crippen molar-refractivity contribution < 1.29 is 22.6 Å². The number of benzene rings is 3. The monoisotopic (exact) mass is 478 g/mol. The maximum atomic E-state index is 13.6. The minimum Gasteiger partial charge on any atom is -0.497 e. The topological polar surface area (TPSA) is 86.8 Å². The average Bonchev–Trinajstić information content (AvgIpc) is 2.87. The number of fused-ring (bicyclic) bond motifs is 1. The lowest BCUT2D eigenvalue weighted by molar-refractivity contribution is 0.340. The van der Waals surface area contributed by atoms with Gasteiger partial charge >= 0.3 is 0 Å². The Kier molecular flexibility index (Phi) is 6.88. The summed E-state index contributed by atoms with van der Waals surface area (Å²) in [6.45, 7) is 2.81. The Morgan fingerprint density at radius 2 is 1.47 bits per heavy atom. The van der Waals surface area contributed by atoms with Crippen LogP contribution in [0.3, 0.4) is 0 Å². The molecule has 1 N–H and O–H groups in total. The van der Waals surface area contributed by atoms with Crippen molar-refractivity contribution in [2.24, 2.45) is 0 Å². The third-order valence-electron chi connectivity index (χ3n) is 5.40. The molecule has 0 atom stereocenters. The molecular formula is C26H26N2O5S.